The van der Waals surface area contributed by atoms with Gasteiger partial charge in [0.1, 0.15) is 11.5 Å². The van der Waals surface area contributed by atoms with E-state index in [0.29, 0.717) is 5.56 Å². The molecule has 2 aromatic carbocycles. The number of rotatable bonds is 5. The largest absolute Gasteiger partial charge is 0.496 e. The lowest BCUT2D eigenvalue weighted by molar-refractivity contribution is 0.0593. The minimum Gasteiger partial charge on any atom is -0.496 e. The molecule has 2 aliphatic rings. The van der Waals surface area contributed by atoms with Crippen molar-refractivity contribution in [3.63, 3.8) is 0 Å². The summed E-state index contributed by atoms with van der Waals surface area (Å²) in [5.41, 5.74) is 4.11. The van der Waals surface area contributed by atoms with Crippen molar-refractivity contribution in [2.45, 2.75) is 37.6 Å². The lowest BCUT2D eigenvalue weighted by atomic mass is 9.68. The first kappa shape index (κ1) is 21.4. The normalized spacial score (nSPS) is 23.1. The van der Waals surface area contributed by atoms with Crippen molar-refractivity contribution < 1.29 is 14.3 Å². The summed E-state index contributed by atoms with van der Waals surface area (Å²) in [6.07, 6.45) is 4.99. The number of nitrogens with zero attached hydrogens (tertiary/aromatic N) is 2. The van der Waals surface area contributed by atoms with Crippen LogP contribution in [0.15, 0.2) is 54.3 Å². The highest BCUT2D eigenvalue weighted by Gasteiger charge is 2.48. The Bertz CT molecular complexity index is 1010. The van der Waals surface area contributed by atoms with Crippen molar-refractivity contribution in [3.05, 3.63) is 71.0 Å². The van der Waals surface area contributed by atoms with Crippen molar-refractivity contribution >= 4 is 11.7 Å². The zero-order valence-corrected chi connectivity index (χ0v) is 19.1. The van der Waals surface area contributed by atoms with Crippen molar-refractivity contribution in [2.24, 2.45) is 0 Å². The number of aryl methyl sites for hydroxylation is 1. The summed E-state index contributed by atoms with van der Waals surface area (Å²) < 4.78 is 11.3. The molecular weight excluding hydrogens is 388 g/mol. The summed E-state index contributed by atoms with van der Waals surface area (Å²) in [7, 11) is 7.80. The molecule has 164 valence electrons. The third-order valence-electron chi connectivity index (χ3n) is 6.90. The molecule has 1 saturated heterocycles. The van der Waals surface area contributed by atoms with E-state index in [-0.39, 0.29) is 17.4 Å². The number of hydrogen-bond acceptors (Lipinski definition) is 5. The van der Waals surface area contributed by atoms with E-state index in [1.54, 1.807) is 7.11 Å². The second-order valence-corrected chi connectivity index (χ2v) is 8.98. The number of anilines is 1. The zero-order chi connectivity index (χ0) is 22.2. The Labute approximate surface area is 185 Å². The molecule has 5 nitrogen and oxygen atoms in total. The van der Waals surface area contributed by atoms with Crippen molar-refractivity contribution in [2.75, 3.05) is 39.7 Å². The van der Waals surface area contributed by atoms with Crippen molar-refractivity contribution in [1.82, 2.24) is 4.90 Å². The van der Waals surface area contributed by atoms with Gasteiger partial charge in [0.15, 0.2) is 0 Å². The van der Waals surface area contributed by atoms with E-state index in [2.05, 4.69) is 43.1 Å². The number of likely N-dealkylation sites (tertiary alicyclic amines) is 1. The van der Waals surface area contributed by atoms with Crippen molar-refractivity contribution in [1.29, 1.82) is 0 Å². The van der Waals surface area contributed by atoms with Crippen LogP contribution in [0.5, 0.6) is 5.75 Å². The van der Waals surface area contributed by atoms with Crippen LogP contribution in [0.1, 0.15) is 40.7 Å². The number of fused-ring (bicyclic) bond motifs is 1. The first-order valence-electron chi connectivity index (χ1n) is 10.9. The highest BCUT2D eigenvalue weighted by molar-refractivity contribution is 5.91. The van der Waals surface area contributed by atoms with Crippen LogP contribution in [0.3, 0.4) is 0 Å². The Morgan fingerprint density at radius 2 is 1.97 bits per heavy atom. The van der Waals surface area contributed by atoms with Gasteiger partial charge in [-0.3, -0.25) is 4.90 Å². The first-order valence-corrected chi connectivity index (χ1v) is 10.9. The number of hydrogen-bond donors (Lipinski definition) is 0. The van der Waals surface area contributed by atoms with Crippen LogP contribution in [-0.2, 0) is 10.2 Å². The van der Waals surface area contributed by atoms with E-state index in [9.17, 15) is 4.79 Å². The van der Waals surface area contributed by atoms with E-state index < -0.39 is 0 Å². The molecule has 2 aromatic rings. The van der Waals surface area contributed by atoms with Crippen LogP contribution < -0.4 is 9.64 Å². The molecule has 0 radical (unpaired) electrons. The predicted octanol–water partition coefficient (Wildman–Crippen LogP) is 4.55. The number of likely N-dealkylation sites (N-methyl/N-ethyl adjacent to an activating group) is 1. The average Bonchev–Trinajstić information content (AvgIpc) is 3.11. The first-order chi connectivity index (χ1) is 14.8. The molecule has 5 heteroatoms. The van der Waals surface area contributed by atoms with E-state index in [1.807, 2.05) is 43.3 Å². The van der Waals surface area contributed by atoms with E-state index >= 15 is 0 Å². The lowest BCUT2D eigenvalue weighted by Gasteiger charge is -2.40. The monoisotopic (exact) mass is 420 g/mol. The standard InChI is InChI=1S/C26H32N2O3/c1-18-15-20(9-10-23(18)30-5)26-12-11-22(17-24(26)28(4)14-13-26)31-25(29)19-7-6-8-21(16-19)27(2)3/h6-10,15-17,24H,11-14H2,1-5H3. The zero-order valence-electron chi connectivity index (χ0n) is 19.1. The molecule has 4 rings (SSSR count). The molecule has 1 aliphatic heterocycles. The SMILES string of the molecule is COc1ccc(C23CCC(OC(=O)c4cccc(N(C)C)c4)=CC2N(C)CC3)cc1C. The molecular formula is C26H32N2O3. The summed E-state index contributed by atoms with van der Waals surface area (Å²) in [5, 5.41) is 0. The number of ether oxygens (including phenoxy) is 2. The van der Waals surface area contributed by atoms with Crippen LogP contribution in [-0.4, -0.2) is 51.7 Å². The van der Waals surface area contributed by atoms with Gasteiger partial charge in [-0.25, -0.2) is 4.79 Å². The highest BCUT2D eigenvalue weighted by atomic mass is 16.5. The summed E-state index contributed by atoms with van der Waals surface area (Å²) >= 11 is 0. The van der Waals surface area contributed by atoms with Gasteiger partial charge in [0.2, 0.25) is 0 Å². The van der Waals surface area contributed by atoms with Gasteiger partial charge in [0, 0.05) is 37.7 Å². The second kappa shape index (κ2) is 8.39. The van der Waals surface area contributed by atoms with Crippen LogP contribution in [0.2, 0.25) is 0 Å². The van der Waals surface area contributed by atoms with E-state index in [1.165, 1.54) is 5.56 Å². The summed E-state index contributed by atoms with van der Waals surface area (Å²) in [6, 6.07) is 14.3. The molecule has 0 saturated carbocycles. The quantitative estimate of drug-likeness (QED) is 0.664. The van der Waals surface area contributed by atoms with Gasteiger partial charge in [-0.2, -0.15) is 0 Å². The van der Waals surface area contributed by atoms with Crippen LogP contribution in [0.4, 0.5) is 5.69 Å². The Morgan fingerprint density at radius 3 is 2.68 bits per heavy atom. The van der Waals surface area contributed by atoms with Gasteiger partial charge in [-0.1, -0.05) is 18.2 Å². The molecule has 1 fully saturated rings. The van der Waals surface area contributed by atoms with E-state index in [0.717, 1.165) is 48.6 Å². The minimum absolute atomic E-state index is 0.0481. The molecule has 0 spiro atoms. The minimum atomic E-state index is -0.289. The number of methoxy groups -OCH3 is 1. The summed E-state index contributed by atoms with van der Waals surface area (Å²) in [5.74, 6) is 1.41. The number of benzene rings is 2. The number of allylic oxidation sites excluding steroid dienone is 1. The lowest BCUT2D eigenvalue weighted by Crippen LogP contribution is -2.42. The number of esters is 1. The third-order valence-corrected chi connectivity index (χ3v) is 6.90. The molecule has 2 atom stereocenters. The maximum absolute atomic E-state index is 12.8. The molecule has 0 aromatic heterocycles. The fraction of sp³-hybridized carbons (Fsp3) is 0.423. The molecule has 2 unspecified atom stereocenters. The molecule has 0 amide bonds. The van der Waals surface area contributed by atoms with Crippen molar-refractivity contribution in [3.8, 4) is 5.75 Å². The third kappa shape index (κ3) is 3.94. The Morgan fingerprint density at radius 1 is 1.16 bits per heavy atom. The maximum Gasteiger partial charge on any atom is 0.343 e. The molecule has 0 bridgehead atoms. The molecule has 31 heavy (non-hydrogen) atoms. The maximum atomic E-state index is 12.8. The van der Waals surface area contributed by atoms with E-state index in [4.69, 9.17) is 9.47 Å². The smallest absolute Gasteiger partial charge is 0.343 e. The molecule has 0 N–H and O–H groups in total. The van der Waals surface area contributed by atoms with Gasteiger partial charge >= 0.3 is 5.97 Å². The van der Waals surface area contributed by atoms with Crippen LogP contribution >= 0.6 is 0 Å². The molecule has 1 aliphatic carbocycles. The second-order valence-electron chi connectivity index (χ2n) is 8.98. The fourth-order valence-electron chi connectivity index (χ4n) is 5.07. The van der Waals surface area contributed by atoms with Gasteiger partial charge < -0.3 is 14.4 Å². The Balaban J connectivity index is 1.59. The van der Waals surface area contributed by atoms with Gasteiger partial charge in [0.25, 0.3) is 0 Å². The van der Waals surface area contributed by atoms with Crippen LogP contribution in [0.25, 0.3) is 0 Å². The number of carbonyl (C=O) groups is 1. The molecule has 1 heterocycles. The van der Waals surface area contributed by atoms with Crippen LogP contribution in [0, 0.1) is 6.92 Å². The summed E-state index contributed by atoms with van der Waals surface area (Å²) in [4.78, 5) is 17.2. The Hall–Kier alpha value is -2.79. The number of carbonyl (C=O) groups excluding carboxylic acids is 1. The fourth-order valence-corrected chi connectivity index (χ4v) is 5.07. The average molecular weight is 421 g/mol. The summed E-state index contributed by atoms with van der Waals surface area (Å²) in [6.45, 7) is 3.12. The van der Waals surface area contributed by atoms with Gasteiger partial charge in [-0.15, -0.1) is 0 Å². The topological polar surface area (TPSA) is 42.0 Å². The van der Waals surface area contributed by atoms with Gasteiger partial charge in [0.05, 0.1) is 12.7 Å². The highest BCUT2D eigenvalue weighted by Crippen LogP contribution is 2.48. The Kier molecular flexibility index (Phi) is 5.80. The van der Waals surface area contributed by atoms with Gasteiger partial charge in [-0.05, 0) is 74.8 Å². The predicted molar refractivity (Wildman–Crippen MR) is 124 cm³/mol.